The molecule has 24 heavy (non-hydrogen) atoms. The highest BCUT2D eigenvalue weighted by Gasteiger charge is 2.22. The Morgan fingerprint density at radius 2 is 1.71 bits per heavy atom. The Labute approximate surface area is 152 Å². The highest BCUT2D eigenvalue weighted by Crippen LogP contribution is 2.24. The average molecular weight is 362 g/mol. The van der Waals surface area contributed by atoms with Crippen molar-refractivity contribution in [1.29, 1.82) is 0 Å². The molecule has 3 nitrogen and oxygen atoms in total. The normalized spacial score (nSPS) is 15.5. The molecule has 0 unspecified atom stereocenters. The molecule has 1 fully saturated rings. The molecule has 0 spiro atoms. The van der Waals surface area contributed by atoms with Gasteiger partial charge in [-0.1, -0.05) is 23.7 Å². The molecule has 0 bridgehead atoms. The first-order valence-electron chi connectivity index (χ1n) is 8.20. The predicted octanol–water partition coefficient (Wildman–Crippen LogP) is 2.60. The number of halogens is 1. The SMILES string of the molecule is C[NH+]1CCN(C(=O)c2ccc(CSc3ccc(Cl)cc3)cc2)CC1. The number of likely N-dealkylation sites (N-methyl/N-ethyl adjacent to an activating group) is 1. The lowest BCUT2D eigenvalue weighted by atomic mass is 10.1. The third-order valence-corrected chi connectivity index (χ3v) is 5.66. The smallest absolute Gasteiger partial charge is 0.254 e. The van der Waals surface area contributed by atoms with Crippen LogP contribution in [0.5, 0.6) is 0 Å². The van der Waals surface area contributed by atoms with E-state index in [0.29, 0.717) is 0 Å². The van der Waals surface area contributed by atoms with Gasteiger partial charge >= 0.3 is 0 Å². The molecule has 1 aliphatic rings. The van der Waals surface area contributed by atoms with E-state index in [9.17, 15) is 4.79 Å². The molecule has 2 aromatic rings. The molecule has 0 saturated carbocycles. The van der Waals surface area contributed by atoms with Crippen molar-refractivity contribution < 1.29 is 9.69 Å². The summed E-state index contributed by atoms with van der Waals surface area (Å²) in [5, 5.41) is 0.757. The summed E-state index contributed by atoms with van der Waals surface area (Å²) in [6.07, 6.45) is 0. The maximum Gasteiger partial charge on any atom is 0.254 e. The number of carbonyl (C=O) groups is 1. The summed E-state index contributed by atoms with van der Waals surface area (Å²) < 4.78 is 0. The molecular weight excluding hydrogens is 340 g/mol. The monoisotopic (exact) mass is 361 g/mol. The molecule has 0 atom stereocenters. The van der Waals surface area contributed by atoms with Crippen molar-refractivity contribution in [2.75, 3.05) is 33.2 Å². The molecular formula is C19H22ClN2OS+. The van der Waals surface area contributed by atoms with E-state index in [0.717, 1.165) is 42.5 Å². The van der Waals surface area contributed by atoms with Crippen LogP contribution in [0.4, 0.5) is 0 Å². The maximum absolute atomic E-state index is 12.5. The zero-order valence-corrected chi connectivity index (χ0v) is 15.4. The number of nitrogens with zero attached hydrogens (tertiary/aromatic N) is 1. The van der Waals surface area contributed by atoms with Gasteiger partial charge in [0.1, 0.15) is 0 Å². The molecule has 1 saturated heterocycles. The molecule has 1 heterocycles. The minimum atomic E-state index is 0.152. The number of amides is 1. The van der Waals surface area contributed by atoms with Gasteiger partial charge in [-0.2, -0.15) is 0 Å². The Kier molecular flexibility index (Phi) is 5.82. The van der Waals surface area contributed by atoms with Gasteiger partial charge in [0.05, 0.1) is 33.2 Å². The van der Waals surface area contributed by atoms with Gasteiger partial charge in [0.25, 0.3) is 5.91 Å². The van der Waals surface area contributed by atoms with Crippen LogP contribution in [-0.2, 0) is 5.75 Å². The summed E-state index contributed by atoms with van der Waals surface area (Å²) in [6, 6.07) is 15.9. The second-order valence-electron chi connectivity index (χ2n) is 6.19. The molecule has 5 heteroatoms. The average Bonchev–Trinajstić information content (AvgIpc) is 2.62. The van der Waals surface area contributed by atoms with Gasteiger partial charge in [0.15, 0.2) is 0 Å². The summed E-state index contributed by atoms with van der Waals surface area (Å²) in [5.41, 5.74) is 2.00. The Morgan fingerprint density at radius 3 is 2.33 bits per heavy atom. The number of thioether (sulfide) groups is 1. The first-order chi connectivity index (χ1) is 11.6. The van der Waals surface area contributed by atoms with E-state index in [1.807, 2.05) is 41.3 Å². The third-order valence-electron chi connectivity index (χ3n) is 4.32. The lowest BCUT2D eigenvalue weighted by Crippen LogP contribution is -3.12. The van der Waals surface area contributed by atoms with Gasteiger partial charge in [-0.25, -0.2) is 0 Å². The van der Waals surface area contributed by atoms with Gasteiger partial charge in [-0.15, -0.1) is 11.8 Å². The van der Waals surface area contributed by atoms with Gasteiger partial charge in [-0.05, 0) is 42.0 Å². The quantitative estimate of drug-likeness (QED) is 0.847. The largest absolute Gasteiger partial charge is 0.334 e. The van der Waals surface area contributed by atoms with Crippen molar-refractivity contribution in [3.8, 4) is 0 Å². The zero-order chi connectivity index (χ0) is 16.9. The van der Waals surface area contributed by atoms with E-state index in [4.69, 9.17) is 11.6 Å². The van der Waals surface area contributed by atoms with Gasteiger partial charge in [-0.3, -0.25) is 4.79 Å². The molecule has 0 aromatic heterocycles. The maximum atomic E-state index is 12.5. The highest BCUT2D eigenvalue weighted by molar-refractivity contribution is 7.98. The van der Waals surface area contributed by atoms with Crippen LogP contribution >= 0.6 is 23.4 Å². The van der Waals surface area contributed by atoms with Crippen LogP contribution in [0, 0.1) is 0 Å². The van der Waals surface area contributed by atoms with Crippen molar-refractivity contribution in [1.82, 2.24) is 4.90 Å². The molecule has 1 amide bonds. The Hall–Kier alpha value is -1.49. The summed E-state index contributed by atoms with van der Waals surface area (Å²) >= 11 is 7.67. The van der Waals surface area contributed by atoms with Crippen molar-refractivity contribution in [3.63, 3.8) is 0 Å². The van der Waals surface area contributed by atoms with Crippen LogP contribution in [-0.4, -0.2) is 44.0 Å². The fraction of sp³-hybridized carbons (Fsp3) is 0.316. The van der Waals surface area contributed by atoms with Crippen LogP contribution in [0.3, 0.4) is 0 Å². The van der Waals surface area contributed by atoms with Crippen molar-refractivity contribution in [2.24, 2.45) is 0 Å². The predicted molar refractivity (Wildman–Crippen MR) is 100.0 cm³/mol. The third kappa shape index (κ3) is 4.53. The van der Waals surface area contributed by atoms with Crippen molar-refractivity contribution in [2.45, 2.75) is 10.6 Å². The number of nitrogens with one attached hydrogen (secondary N) is 1. The fourth-order valence-corrected chi connectivity index (χ4v) is 3.70. The van der Waals surface area contributed by atoms with Crippen LogP contribution in [0.15, 0.2) is 53.4 Å². The summed E-state index contributed by atoms with van der Waals surface area (Å²) in [4.78, 5) is 17.2. The molecule has 0 radical (unpaired) electrons. The standard InChI is InChI=1S/C19H21ClN2OS/c1-21-10-12-22(13-11-21)19(23)16-4-2-15(3-5-16)14-24-18-8-6-17(20)7-9-18/h2-9H,10-14H2,1H3/p+1. The second kappa shape index (κ2) is 8.06. The number of quaternary nitrogens is 1. The first-order valence-corrected chi connectivity index (χ1v) is 9.56. The van der Waals surface area contributed by atoms with Crippen LogP contribution in [0.25, 0.3) is 0 Å². The van der Waals surface area contributed by atoms with Crippen LogP contribution in [0.1, 0.15) is 15.9 Å². The molecule has 1 N–H and O–H groups in total. The van der Waals surface area contributed by atoms with Gasteiger partial charge < -0.3 is 9.80 Å². The number of hydrogen-bond acceptors (Lipinski definition) is 2. The summed E-state index contributed by atoms with van der Waals surface area (Å²) in [6.45, 7) is 3.75. The number of rotatable bonds is 4. The van der Waals surface area contributed by atoms with Crippen LogP contribution < -0.4 is 4.90 Å². The minimum absolute atomic E-state index is 0.152. The fourth-order valence-electron chi connectivity index (χ4n) is 2.72. The van der Waals surface area contributed by atoms with Gasteiger partial charge in [0, 0.05) is 21.2 Å². The summed E-state index contributed by atoms with van der Waals surface area (Å²) in [5.74, 6) is 1.04. The molecule has 126 valence electrons. The first kappa shape index (κ1) is 17.3. The second-order valence-corrected chi connectivity index (χ2v) is 7.67. The van der Waals surface area contributed by atoms with E-state index in [1.54, 1.807) is 11.8 Å². The van der Waals surface area contributed by atoms with Gasteiger partial charge in [0.2, 0.25) is 0 Å². The number of piperazine rings is 1. The lowest BCUT2D eigenvalue weighted by molar-refractivity contribution is -0.883. The van der Waals surface area contributed by atoms with Crippen molar-refractivity contribution in [3.05, 3.63) is 64.7 Å². The minimum Gasteiger partial charge on any atom is -0.334 e. The molecule has 3 rings (SSSR count). The Morgan fingerprint density at radius 1 is 1.08 bits per heavy atom. The van der Waals surface area contributed by atoms with E-state index in [2.05, 4.69) is 19.2 Å². The topological polar surface area (TPSA) is 24.8 Å². The number of hydrogen-bond donors (Lipinski definition) is 1. The lowest BCUT2D eigenvalue weighted by Gasteiger charge is -2.30. The van der Waals surface area contributed by atoms with Crippen LogP contribution in [0.2, 0.25) is 5.02 Å². The molecule has 0 aliphatic carbocycles. The highest BCUT2D eigenvalue weighted by atomic mass is 35.5. The number of benzene rings is 2. The zero-order valence-electron chi connectivity index (χ0n) is 13.8. The van der Waals surface area contributed by atoms with Crippen molar-refractivity contribution >= 4 is 29.3 Å². The Balaban J connectivity index is 1.56. The summed E-state index contributed by atoms with van der Waals surface area (Å²) in [7, 11) is 2.18. The van der Waals surface area contributed by atoms with E-state index >= 15 is 0 Å². The molecule has 1 aliphatic heterocycles. The molecule has 2 aromatic carbocycles. The number of carbonyl (C=O) groups excluding carboxylic acids is 1. The Bertz CT molecular complexity index is 680. The van der Waals surface area contributed by atoms with E-state index in [-0.39, 0.29) is 5.91 Å². The van der Waals surface area contributed by atoms with E-state index in [1.165, 1.54) is 15.4 Å². The van der Waals surface area contributed by atoms with E-state index < -0.39 is 0 Å².